The van der Waals surface area contributed by atoms with Crippen LogP contribution in [0.4, 0.5) is 8.78 Å². The lowest BCUT2D eigenvalue weighted by Crippen LogP contribution is -1.86. The summed E-state index contributed by atoms with van der Waals surface area (Å²) < 4.78 is 30.5. The predicted octanol–water partition coefficient (Wildman–Crippen LogP) is 2.67. The molecule has 2 rings (SSSR count). The largest absolute Gasteiger partial charge is 0.385 e. The maximum absolute atomic E-state index is 12.9. The molecule has 0 radical (unpaired) electrons. The first-order valence-corrected chi connectivity index (χ1v) is 4.68. The van der Waals surface area contributed by atoms with Crippen LogP contribution >= 0.6 is 0 Å². The van der Waals surface area contributed by atoms with Gasteiger partial charge < -0.3 is 9.63 Å². The van der Waals surface area contributed by atoms with Crippen molar-refractivity contribution in [2.45, 2.75) is 13.0 Å². The normalized spacial score (nSPS) is 12.8. The van der Waals surface area contributed by atoms with Crippen LogP contribution < -0.4 is 0 Å². The quantitative estimate of drug-likeness (QED) is 0.854. The molecule has 0 saturated heterocycles. The van der Waals surface area contributed by atoms with E-state index >= 15 is 0 Å². The van der Waals surface area contributed by atoms with Gasteiger partial charge in [-0.05, 0) is 25.1 Å². The molecule has 84 valence electrons. The molecule has 0 spiro atoms. The maximum atomic E-state index is 12.9. The van der Waals surface area contributed by atoms with Crippen molar-refractivity contribution in [2.24, 2.45) is 0 Å². The number of aliphatic hydroxyl groups excluding tert-OH is 1. The second kappa shape index (κ2) is 4.02. The lowest BCUT2D eigenvalue weighted by molar-refractivity contribution is 0.158. The van der Waals surface area contributed by atoms with E-state index in [4.69, 9.17) is 4.52 Å². The number of aromatic nitrogens is 1. The summed E-state index contributed by atoms with van der Waals surface area (Å²) in [6.45, 7) is 1.52. The van der Waals surface area contributed by atoms with E-state index in [0.29, 0.717) is 11.3 Å². The highest BCUT2D eigenvalue weighted by Gasteiger charge is 2.12. The van der Waals surface area contributed by atoms with Crippen molar-refractivity contribution < 1.29 is 18.4 Å². The molecule has 1 aromatic heterocycles. The van der Waals surface area contributed by atoms with Crippen molar-refractivity contribution >= 4 is 0 Å². The molecule has 0 saturated carbocycles. The third-order valence-electron chi connectivity index (χ3n) is 2.16. The average molecular weight is 225 g/mol. The van der Waals surface area contributed by atoms with Crippen molar-refractivity contribution in [3.05, 3.63) is 41.7 Å². The van der Waals surface area contributed by atoms with Gasteiger partial charge in [-0.2, -0.15) is 0 Å². The van der Waals surface area contributed by atoms with Crippen LogP contribution in [0.2, 0.25) is 0 Å². The predicted molar refractivity (Wildman–Crippen MR) is 52.5 cm³/mol. The summed E-state index contributed by atoms with van der Waals surface area (Å²) in [5.74, 6) is -1.58. The highest BCUT2D eigenvalue weighted by molar-refractivity contribution is 5.58. The molecule has 0 aliphatic rings. The highest BCUT2D eigenvalue weighted by atomic mass is 19.2. The molecule has 16 heavy (non-hydrogen) atoms. The number of nitrogens with zero attached hydrogens (tertiary/aromatic N) is 1. The van der Waals surface area contributed by atoms with Crippen LogP contribution in [0.25, 0.3) is 11.3 Å². The first-order chi connectivity index (χ1) is 7.58. The Balaban J connectivity index is 2.39. The zero-order valence-corrected chi connectivity index (χ0v) is 8.45. The summed E-state index contributed by atoms with van der Waals surface area (Å²) in [5.41, 5.74) is 0.754. The zero-order chi connectivity index (χ0) is 11.7. The van der Waals surface area contributed by atoms with Crippen molar-refractivity contribution in [3.63, 3.8) is 0 Å². The van der Waals surface area contributed by atoms with E-state index < -0.39 is 17.7 Å². The van der Waals surface area contributed by atoms with Gasteiger partial charge in [0.05, 0.1) is 0 Å². The maximum Gasteiger partial charge on any atom is 0.165 e. The number of rotatable bonds is 2. The molecular formula is C11H9F2NO2. The zero-order valence-electron chi connectivity index (χ0n) is 8.45. The van der Waals surface area contributed by atoms with Gasteiger partial charge in [0, 0.05) is 11.6 Å². The number of hydrogen-bond acceptors (Lipinski definition) is 3. The summed E-state index contributed by atoms with van der Waals surface area (Å²) in [6.07, 6.45) is -0.786. The van der Waals surface area contributed by atoms with Crippen molar-refractivity contribution in [1.29, 1.82) is 0 Å². The monoisotopic (exact) mass is 225 g/mol. The molecular weight excluding hydrogens is 216 g/mol. The Morgan fingerprint density at radius 2 is 2.00 bits per heavy atom. The summed E-state index contributed by atoms with van der Waals surface area (Å²) in [7, 11) is 0. The Hall–Kier alpha value is -1.75. The lowest BCUT2D eigenvalue weighted by Gasteiger charge is -1.96. The van der Waals surface area contributed by atoms with E-state index in [1.54, 1.807) is 0 Å². The van der Waals surface area contributed by atoms with Crippen LogP contribution in [-0.4, -0.2) is 10.3 Å². The first kappa shape index (κ1) is 10.8. The molecule has 2 aromatic rings. The molecule has 1 aromatic carbocycles. The van der Waals surface area contributed by atoms with Gasteiger partial charge in [0.25, 0.3) is 0 Å². The van der Waals surface area contributed by atoms with Crippen LogP contribution in [0.1, 0.15) is 18.8 Å². The van der Waals surface area contributed by atoms with Gasteiger partial charge in [0.15, 0.2) is 17.4 Å². The topological polar surface area (TPSA) is 46.3 Å². The fourth-order valence-electron chi connectivity index (χ4n) is 1.28. The summed E-state index contributed by atoms with van der Waals surface area (Å²) in [5, 5.41) is 12.9. The van der Waals surface area contributed by atoms with Gasteiger partial charge in [0.1, 0.15) is 11.8 Å². The second-order valence-electron chi connectivity index (χ2n) is 3.42. The summed E-state index contributed by atoms with van der Waals surface area (Å²) >= 11 is 0. The number of benzene rings is 1. The van der Waals surface area contributed by atoms with Crippen LogP contribution in [0.3, 0.4) is 0 Å². The molecule has 1 heterocycles. The van der Waals surface area contributed by atoms with E-state index in [0.717, 1.165) is 12.1 Å². The Kier molecular flexibility index (Phi) is 2.70. The Bertz CT molecular complexity index is 508. The van der Waals surface area contributed by atoms with E-state index in [1.807, 2.05) is 0 Å². The average Bonchev–Trinajstić information content (AvgIpc) is 2.71. The Morgan fingerprint density at radius 3 is 2.56 bits per heavy atom. The number of aliphatic hydroxyl groups is 1. The van der Waals surface area contributed by atoms with Crippen molar-refractivity contribution in [2.75, 3.05) is 0 Å². The molecule has 5 heteroatoms. The minimum atomic E-state index is -0.945. The van der Waals surface area contributed by atoms with Crippen LogP contribution in [-0.2, 0) is 0 Å². The molecule has 0 fully saturated rings. The summed E-state index contributed by atoms with van der Waals surface area (Å²) in [4.78, 5) is 0. The minimum absolute atomic E-state index is 0.278. The number of halogens is 2. The van der Waals surface area contributed by atoms with Gasteiger partial charge in [-0.15, -0.1) is 0 Å². The molecule has 0 bridgehead atoms. The van der Waals surface area contributed by atoms with Crippen LogP contribution in [0, 0.1) is 11.6 Å². The second-order valence-corrected chi connectivity index (χ2v) is 3.42. The first-order valence-electron chi connectivity index (χ1n) is 4.68. The van der Waals surface area contributed by atoms with Gasteiger partial charge in [-0.25, -0.2) is 8.78 Å². The third kappa shape index (κ3) is 1.94. The number of hydrogen-bond donors (Lipinski definition) is 1. The SMILES string of the molecule is CC(O)c1cc(-c2ccc(F)c(F)c2)no1. The molecule has 0 amide bonds. The van der Waals surface area contributed by atoms with Gasteiger partial charge in [-0.1, -0.05) is 5.16 Å². The fourth-order valence-corrected chi connectivity index (χ4v) is 1.28. The lowest BCUT2D eigenvalue weighted by atomic mass is 10.1. The molecule has 0 aliphatic heterocycles. The third-order valence-corrected chi connectivity index (χ3v) is 2.16. The molecule has 3 nitrogen and oxygen atoms in total. The molecule has 1 unspecified atom stereocenters. The van der Waals surface area contributed by atoms with E-state index in [-0.39, 0.29) is 5.76 Å². The fraction of sp³-hybridized carbons (Fsp3) is 0.182. The summed E-state index contributed by atoms with van der Waals surface area (Å²) in [6, 6.07) is 4.92. The van der Waals surface area contributed by atoms with Crippen LogP contribution in [0.15, 0.2) is 28.8 Å². The van der Waals surface area contributed by atoms with E-state index in [2.05, 4.69) is 5.16 Å². The standard InChI is InChI=1S/C11H9F2NO2/c1-6(15)11-5-10(14-16-11)7-2-3-8(12)9(13)4-7/h2-6,15H,1H3. The van der Waals surface area contributed by atoms with Gasteiger partial charge in [0.2, 0.25) is 0 Å². The Morgan fingerprint density at radius 1 is 1.25 bits per heavy atom. The smallest absolute Gasteiger partial charge is 0.165 e. The molecule has 1 N–H and O–H groups in total. The van der Waals surface area contributed by atoms with E-state index in [9.17, 15) is 13.9 Å². The Labute approximate surface area is 90.3 Å². The van der Waals surface area contributed by atoms with Gasteiger partial charge >= 0.3 is 0 Å². The highest BCUT2D eigenvalue weighted by Crippen LogP contribution is 2.23. The molecule has 0 aliphatic carbocycles. The minimum Gasteiger partial charge on any atom is -0.385 e. The van der Waals surface area contributed by atoms with Gasteiger partial charge in [-0.3, -0.25) is 0 Å². The van der Waals surface area contributed by atoms with Crippen LogP contribution in [0.5, 0.6) is 0 Å². The van der Waals surface area contributed by atoms with Crippen molar-refractivity contribution in [1.82, 2.24) is 5.16 Å². The van der Waals surface area contributed by atoms with E-state index in [1.165, 1.54) is 19.1 Å². The molecule has 1 atom stereocenters. The van der Waals surface area contributed by atoms with Crippen molar-refractivity contribution in [3.8, 4) is 11.3 Å².